The van der Waals surface area contributed by atoms with Gasteiger partial charge in [0.25, 0.3) is 0 Å². The van der Waals surface area contributed by atoms with E-state index in [1.54, 1.807) is 0 Å². The summed E-state index contributed by atoms with van der Waals surface area (Å²) in [6.07, 6.45) is 2.45. The number of hydrogen-bond acceptors (Lipinski definition) is 3. The van der Waals surface area contributed by atoms with Crippen LogP contribution in [0.5, 0.6) is 0 Å². The lowest BCUT2D eigenvalue weighted by Crippen LogP contribution is -2.49. The molecular formula is C16H29NOS. The summed E-state index contributed by atoms with van der Waals surface area (Å²) < 4.78 is 6.06. The topological polar surface area (TPSA) is 21.3 Å². The number of ether oxygens (including phenoxy) is 1. The smallest absolute Gasteiger partial charge is 0.0779 e. The minimum Gasteiger partial charge on any atom is -0.376 e. The third-order valence-electron chi connectivity index (χ3n) is 3.22. The summed E-state index contributed by atoms with van der Waals surface area (Å²) >= 11 is 1.84. The molecular weight excluding hydrogens is 254 g/mol. The van der Waals surface area contributed by atoms with Crippen LogP contribution < -0.4 is 5.32 Å². The zero-order valence-corrected chi connectivity index (χ0v) is 13.8. The summed E-state index contributed by atoms with van der Waals surface area (Å²) in [6.45, 7) is 12.9. The van der Waals surface area contributed by atoms with E-state index in [4.69, 9.17) is 4.74 Å². The van der Waals surface area contributed by atoms with Crippen LogP contribution in [0.25, 0.3) is 0 Å². The first-order valence-electron chi connectivity index (χ1n) is 7.36. The van der Waals surface area contributed by atoms with Gasteiger partial charge in [-0.15, -0.1) is 11.3 Å². The van der Waals surface area contributed by atoms with E-state index in [0.29, 0.717) is 6.04 Å². The van der Waals surface area contributed by atoms with E-state index in [2.05, 4.69) is 57.4 Å². The summed E-state index contributed by atoms with van der Waals surface area (Å²) in [4.78, 5) is 1.43. The van der Waals surface area contributed by atoms with Crippen LogP contribution in [0.3, 0.4) is 0 Å². The van der Waals surface area contributed by atoms with Gasteiger partial charge in [-0.2, -0.15) is 0 Å². The first kappa shape index (κ1) is 16.7. The van der Waals surface area contributed by atoms with Gasteiger partial charge >= 0.3 is 0 Å². The van der Waals surface area contributed by atoms with Gasteiger partial charge in [0, 0.05) is 17.5 Å². The highest BCUT2D eigenvalue weighted by Crippen LogP contribution is 2.27. The Hall–Kier alpha value is -0.380. The van der Waals surface area contributed by atoms with E-state index < -0.39 is 0 Å². The predicted molar refractivity (Wildman–Crippen MR) is 85.0 cm³/mol. The lowest BCUT2D eigenvalue weighted by molar-refractivity contribution is -0.0353. The van der Waals surface area contributed by atoms with Gasteiger partial charge in [-0.3, -0.25) is 0 Å². The van der Waals surface area contributed by atoms with Crippen LogP contribution in [-0.2, 0) is 11.2 Å². The largest absolute Gasteiger partial charge is 0.376 e. The lowest BCUT2D eigenvalue weighted by atomic mass is 9.83. The highest BCUT2D eigenvalue weighted by Gasteiger charge is 2.32. The highest BCUT2D eigenvalue weighted by molar-refractivity contribution is 7.09. The van der Waals surface area contributed by atoms with Crippen LogP contribution in [-0.4, -0.2) is 25.3 Å². The summed E-state index contributed by atoms with van der Waals surface area (Å²) in [5.41, 5.74) is 0.151. The van der Waals surface area contributed by atoms with Crippen molar-refractivity contribution in [3.63, 3.8) is 0 Å². The van der Waals surface area contributed by atoms with Crippen molar-refractivity contribution in [2.24, 2.45) is 5.41 Å². The van der Waals surface area contributed by atoms with Crippen molar-refractivity contribution in [1.29, 1.82) is 0 Å². The van der Waals surface area contributed by atoms with E-state index in [9.17, 15) is 0 Å². The number of rotatable bonds is 8. The Kier molecular flexibility index (Phi) is 7.05. The van der Waals surface area contributed by atoms with Crippen molar-refractivity contribution in [2.75, 3.05) is 13.2 Å². The summed E-state index contributed by atoms with van der Waals surface area (Å²) in [6, 6.07) is 4.74. The standard InChI is InChI=1S/C16H29NOS/c1-6-10-17-14(12-13-9-8-11-19-13)15(18-7-2)16(3,4)5/h8-9,11,14-15,17H,6-7,10,12H2,1-5H3. The first-order valence-corrected chi connectivity index (χ1v) is 8.24. The zero-order valence-electron chi connectivity index (χ0n) is 13.0. The molecule has 110 valence electrons. The molecule has 1 aromatic rings. The Morgan fingerprint density at radius 1 is 1.32 bits per heavy atom. The molecule has 0 radical (unpaired) electrons. The quantitative estimate of drug-likeness (QED) is 0.775. The van der Waals surface area contributed by atoms with Gasteiger partial charge in [-0.25, -0.2) is 0 Å². The summed E-state index contributed by atoms with van der Waals surface area (Å²) in [7, 11) is 0. The molecule has 0 saturated heterocycles. The van der Waals surface area contributed by atoms with Gasteiger partial charge in [-0.05, 0) is 43.2 Å². The molecule has 2 atom stereocenters. The zero-order chi connectivity index (χ0) is 14.3. The number of thiophene rings is 1. The van der Waals surface area contributed by atoms with Crippen LogP contribution in [0, 0.1) is 5.41 Å². The molecule has 3 heteroatoms. The molecule has 0 fully saturated rings. The number of nitrogens with one attached hydrogen (secondary N) is 1. The normalized spacial score (nSPS) is 15.4. The highest BCUT2D eigenvalue weighted by atomic mass is 32.1. The molecule has 0 amide bonds. The first-order chi connectivity index (χ1) is 8.99. The van der Waals surface area contributed by atoms with E-state index in [0.717, 1.165) is 26.0 Å². The molecule has 1 rings (SSSR count). The second-order valence-electron chi connectivity index (χ2n) is 6.09. The molecule has 1 aromatic heterocycles. The van der Waals surface area contributed by atoms with Crippen molar-refractivity contribution >= 4 is 11.3 Å². The molecule has 0 spiro atoms. The molecule has 2 unspecified atom stereocenters. The number of hydrogen-bond donors (Lipinski definition) is 1. The maximum atomic E-state index is 6.06. The molecule has 0 aromatic carbocycles. The SMILES string of the molecule is CCCNC(Cc1cccs1)C(OCC)C(C)(C)C. The van der Waals surface area contributed by atoms with Gasteiger partial charge in [-0.1, -0.05) is 33.8 Å². The van der Waals surface area contributed by atoms with Crippen molar-refractivity contribution in [1.82, 2.24) is 5.32 Å². The van der Waals surface area contributed by atoms with Crippen LogP contribution in [0.4, 0.5) is 0 Å². The molecule has 19 heavy (non-hydrogen) atoms. The maximum Gasteiger partial charge on any atom is 0.0779 e. The summed E-state index contributed by atoms with van der Waals surface area (Å²) in [5.74, 6) is 0. The lowest BCUT2D eigenvalue weighted by Gasteiger charge is -2.37. The molecule has 0 aliphatic rings. The second-order valence-corrected chi connectivity index (χ2v) is 7.12. The average molecular weight is 283 g/mol. The van der Waals surface area contributed by atoms with Gasteiger partial charge in [0.1, 0.15) is 0 Å². The average Bonchev–Trinajstić information content (AvgIpc) is 2.83. The maximum absolute atomic E-state index is 6.06. The van der Waals surface area contributed by atoms with Gasteiger partial charge in [0.05, 0.1) is 6.10 Å². The molecule has 0 bridgehead atoms. The van der Waals surface area contributed by atoms with Crippen LogP contribution in [0.2, 0.25) is 0 Å². The summed E-state index contributed by atoms with van der Waals surface area (Å²) in [5, 5.41) is 5.83. The van der Waals surface area contributed by atoms with Gasteiger partial charge in [0.15, 0.2) is 0 Å². The van der Waals surface area contributed by atoms with Crippen molar-refractivity contribution in [3.8, 4) is 0 Å². The Balaban J connectivity index is 2.79. The predicted octanol–water partition coefficient (Wildman–Crippen LogP) is 4.11. The monoisotopic (exact) mass is 283 g/mol. The minimum absolute atomic E-state index is 0.151. The molecule has 0 aliphatic heterocycles. The van der Waals surface area contributed by atoms with Crippen molar-refractivity contribution in [2.45, 2.75) is 59.6 Å². The Bertz CT molecular complexity index is 329. The van der Waals surface area contributed by atoms with E-state index in [1.165, 1.54) is 4.88 Å². The molecule has 1 heterocycles. The molecule has 2 nitrogen and oxygen atoms in total. The fraction of sp³-hybridized carbons (Fsp3) is 0.750. The van der Waals surface area contributed by atoms with Gasteiger partial charge < -0.3 is 10.1 Å². The Morgan fingerprint density at radius 2 is 2.05 bits per heavy atom. The van der Waals surface area contributed by atoms with Crippen molar-refractivity contribution < 1.29 is 4.74 Å². The Labute approximate surface area is 122 Å². The third kappa shape index (κ3) is 5.64. The molecule has 1 N–H and O–H groups in total. The molecule has 0 saturated carbocycles. The van der Waals surface area contributed by atoms with Crippen LogP contribution in [0.1, 0.15) is 45.9 Å². The van der Waals surface area contributed by atoms with Crippen LogP contribution >= 0.6 is 11.3 Å². The van der Waals surface area contributed by atoms with Crippen molar-refractivity contribution in [3.05, 3.63) is 22.4 Å². The van der Waals surface area contributed by atoms with E-state index in [1.807, 2.05) is 11.3 Å². The third-order valence-corrected chi connectivity index (χ3v) is 4.12. The Morgan fingerprint density at radius 3 is 2.53 bits per heavy atom. The second kappa shape index (κ2) is 8.03. The van der Waals surface area contributed by atoms with Crippen LogP contribution in [0.15, 0.2) is 17.5 Å². The fourth-order valence-corrected chi connectivity index (χ4v) is 3.18. The molecule has 0 aliphatic carbocycles. The van der Waals surface area contributed by atoms with E-state index in [-0.39, 0.29) is 11.5 Å². The fourth-order valence-electron chi connectivity index (χ4n) is 2.41. The van der Waals surface area contributed by atoms with E-state index >= 15 is 0 Å². The minimum atomic E-state index is 0.151. The van der Waals surface area contributed by atoms with Gasteiger partial charge in [0.2, 0.25) is 0 Å².